The molecule has 2 amide bonds. The first-order valence-corrected chi connectivity index (χ1v) is 8.42. The van der Waals surface area contributed by atoms with E-state index in [0.29, 0.717) is 5.56 Å². The molecule has 0 radical (unpaired) electrons. The number of piperazine rings is 1. The number of hydrogen-bond acceptors (Lipinski definition) is 4. The van der Waals surface area contributed by atoms with Gasteiger partial charge in [-0.3, -0.25) is 9.59 Å². The number of nitrogens with zero attached hydrogens (tertiary/aromatic N) is 1. The van der Waals surface area contributed by atoms with E-state index in [0.717, 1.165) is 5.56 Å². The van der Waals surface area contributed by atoms with Crippen LogP contribution in [0.15, 0.2) is 60.7 Å². The SMILES string of the molecule is COC(c1ccccc1)C1C(=O)NC(C(O)c2ccccc2)C(=O)N1C. The summed E-state index contributed by atoms with van der Waals surface area (Å²) in [5.74, 6) is -0.716. The van der Waals surface area contributed by atoms with Gasteiger partial charge in [-0.1, -0.05) is 60.7 Å². The Kier molecular flexibility index (Phi) is 5.35. The van der Waals surface area contributed by atoms with Crippen molar-refractivity contribution >= 4 is 11.8 Å². The monoisotopic (exact) mass is 354 g/mol. The van der Waals surface area contributed by atoms with Gasteiger partial charge in [0.15, 0.2) is 0 Å². The zero-order chi connectivity index (χ0) is 18.7. The molecule has 4 atom stereocenters. The summed E-state index contributed by atoms with van der Waals surface area (Å²) in [6, 6.07) is 16.3. The lowest BCUT2D eigenvalue weighted by molar-refractivity contribution is -0.156. The Hall–Kier alpha value is -2.70. The van der Waals surface area contributed by atoms with Gasteiger partial charge in [0, 0.05) is 14.2 Å². The molecule has 2 N–H and O–H groups in total. The van der Waals surface area contributed by atoms with Gasteiger partial charge in [-0.05, 0) is 11.1 Å². The molecule has 1 fully saturated rings. The van der Waals surface area contributed by atoms with Crippen LogP contribution in [0.4, 0.5) is 0 Å². The average molecular weight is 354 g/mol. The summed E-state index contributed by atoms with van der Waals surface area (Å²) < 4.78 is 5.53. The van der Waals surface area contributed by atoms with Gasteiger partial charge in [0.05, 0.1) is 0 Å². The van der Waals surface area contributed by atoms with Crippen molar-refractivity contribution < 1.29 is 19.4 Å². The quantitative estimate of drug-likeness (QED) is 0.851. The van der Waals surface area contributed by atoms with E-state index in [2.05, 4.69) is 5.32 Å². The summed E-state index contributed by atoms with van der Waals surface area (Å²) in [6.45, 7) is 0. The predicted molar refractivity (Wildman–Crippen MR) is 96.1 cm³/mol. The van der Waals surface area contributed by atoms with Crippen molar-refractivity contribution in [3.63, 3.8) is 0 Å². The van der Waals surface area contributed by atoms with Crippen molar-refractivity contribution in [1.82, 2.24) is 10.2 Å². The number of amides is 2. The zero-order valence-corrected chi connectivity index (χ0v) is 14.7. The molecule has 0 aliphatic carbocycles. The molecule has 4 unspecified atom stereocenters. The Morgan fingerprint density at radius 3 is 2.08 bits per heavy atom. The Morgan fingerprint density at radius 1 is 1.00 bits per heavy atom. The second-order valence-corrected chi connectivity index (χ2v) is 6.30. The first-order chi connectivity index (χ1) is 12.5. The summed E-state index contributed by atoms with van der Waals surface area (Å²) >= 11 is 0. The van der Waals surface area contributed by atoms with Crippen molar-refractivity contribution in [3.05, 3.63) is 71.8 Å². The highest BCUT2D eigenvalue weighted by atomic mass is 16.5. The molecule has 1 aliphatic heterocycles. The third kappa shape index (κ3) is 3.34. The number of rotatable bonds is 5. The van der Waals surface area contributed by atoms with Gasteiger partial charge in [0.25, 0.3) is 0 Å². The number of benzene rings is 2. The van der Waals surface area contributed by atoms with Crippen LogP contribution in [-0.2, 0) is 14.3 Å². The molecule has 2 aromatic rings. The van der Waals surface area contributed by atoms with Gasteiger partial charge in [0.2, 0.25) is 11.8 Å². The van der Waals surface area contributed by atoms with E-state index in [9.17, 15) is 14.7 Å². The minimum Gasteiger partial charge on any atom is -0.386 e. The van der Waals surface area contributed by atoms with Crippen LogP contribution in [0.5, 0.6) is 0 Å². The molecular weight excluding hydrogens is 332 g/mol. The number of aliphatic hydroxyl groups excluding tert-OH is 1. The summed E-state index contributed by atoms with van der Waals surface area (Å²) in [7, 11) is 3.07. The van der Waals surface area contributed by atoms with Gasteiger partial charge in [-0.15, -0.1) is 0 Å². The van der Waals surface area contributed by atoms with Crippen LogP contribution in [0.3, 0.4) is 0 Å². The molecular formula is C20H22N2O4. The summed E-state index contributed by atoms with van der Waals surface area (Å²) in [5, 5.41) is 13.2. The smallest absolute Gasteiger partial charge is 0.248 e. The summed E-state index contributed by atoms with van der Waals surface area (Å²) in [4.78, 5) is 27.0. The maximum atomic E-state index is 12.8. The van der Waals surface area contributed by atoms with Crippen LogP contribution in [0.25, 0.3) is 0 Å². The molecule has 3 rings (SSSR count). The number of likely N-dealkylation sites (N-methyl/N-ethyl adjacent to an activating group) is 1. The topological polar surface area (TPSA) is 78.9 Å². The van der Waals surface area contributed by atoms with Gasteiger partial charge in [-0.2, -0.15) is 0 Å². The number of carbonyl (C=O) groups excluding carboxylic acids is 2. The Morgan fingerprint density at radius 2 is 1.54 bits per heavy atom. The molecule has 6 heteroatoms. The van der Waals surface area contributed by atoms with E-state index in [1.807, 2.05) is 36.4 Å². The van der Waals surface area contributed by atoms with E-state index in [4.69, 9.17) is 4.74 Å². The number of ether oxygens (including phenoxy) is 1. The average Bonchev–Trinajstić information content (AvgIpc) is 2.68. The molecule has 1 aliphatic rings. The minimum absolute atomic E-state index is 0.357. The van der Waals surface area contributed by atoms with Crippen LogP contribution in [0, 0.1) is 0 Å². The molecule has 1 heterocycles. The largest absolute Gasteiger partial charge is 0.386 e. The van der Waals surface area contributed by atoms with Crippen molar-refractivity contribution in [3.8, 4) is 0 Å². The van der Waals surface area contributed by atoms with E-state index >= 15 is 0 Å². The normalized spacial score (nSPS) is 22.7. The Labute approximate surface area is 152 Å². The van der Waals surface area contributed by atoms with Crippen LogP contribution in [-0.4, -0.2) is 48.1 Å². The summed E-state index contributed by atoms with van der Waals surface area (Å²) in [5.41, 5.74) is 1.38. The molecule has 26 heavy (non-hydrogen) atoms. The lowest BCUT2D eigenvalue weighted by Crippen LogP contribution is -2.65. The first-order valence-electron chi connectivity index (χ1n) is 8.42. The number of carbonyl (C=O) groups is 2. The number of aliphatic hydroxyl groups is 1. The van der Waals surface area contributed by atoms with E-state index in [-0.39, 0.29) is 11.8 Å². The fourth-order valence-electron chi connectivity index (χ4n) is 3.32. The van der Waals surface area contributed by atoms with Gasteiger partial charge in [0.1, 0.15) is 24.3 Å². The van der Waals surface area contributed by atoms with Gasteiger partial charge in [-0.25, -0.2) is 0 Å². The molecule has 0 saturated carbocycles. The first kappa shape index (κ1) is 18.1. The second kappa shape index (κ2) is 7.68. The van der Waals surface area contributed by atoms with E-state index in [1.165, 1.54) is 12.0 Å². The Bertz CT molecular complexity index is 766. The Balaban J connectivity index is 1.85. The molecule has 2 aromatic carbocycles. The van der Waals surface area contributed by atoms with Gasteiger partial charge >= 0.3 is 0 Å². The van der Waals surface area contributed by atoms with Crippen molar-refractivity contribution in [2.45, 2.75) is 24.3 Å². The third-order valence-corrected chi connectivity index (χ3v) is 4.72. The highest BCUT2D eigenvalue weighted by Gasteiger charge is 2.45. The molecule has 6 nitrogen and oxygen atoms in total. The number of nitrogens with one attached hydrogen (secondary N) is 1. The maximum absolute atomic E-state index is 12.8. The van der Waals surface area contributed by atoms with E-state index in [1.54, 1.807) is 31.3 Å². The highest BCUT2D eigenvalue weighted by molar-refractivity contribution is 5.97. The maximum Gasteiger partial charge on any atom is 0.248 e. The highest BCUT2D eigenvalue weighted by Crippen LogP contribution is 2.29. The fraction of sp³-hybridized carbons (Fsp3) is 0.300. The van der Waals surface area contributed by atoms with Crippen molar-refractivity contribution in [2.24, 2.45) is 0 Å². The van der Waals surface area contributed by atoms with Crippen molar-refractivity contribution in [1.29, 1.82) is 0 Å². The lowest BCUT2D eigenvalue weighted by atomic mass is 9.93. The van der Waals surface area contributed by atoms with Crippen LogP contribution < -0.4 is 5.32 Å². The number of methoxy groups -OCH3 is 1. The summed E-state index contributed by atoms with van der Waals surface area (Å²) in [6.07, 6.45) is -1.71. The van der Waals surface area contributed by atoms with Crippen LogP contribution in [0.2, 0.25) is 0 Å². The molecule has 136 valence electrons. The van der Waals surface area contributed by atoms with Crippen LogP contribution >= 0.6 is 0 Å². The lowest BCUT2D eigenvalue weighted by Gasteiger charge is -2.41. The molecule has 0 aromatic heterocycles. The van der Waals surface area contributed by atoms with Gasteiger partial charge < -0.3 is 20.1 Å². The van der Waals surface area contributed by atoms with E-state index < -0.39 is 24.3 Å². The second-order valence-electron chi connectivity index (χ2n) is 6.30. The molecule has 1 saturated heterocycles. The predicted octanol–water partition coefficient (Wildman–Crippen LogP) is 1.43. The minimum atomic E-state index is -1.12. The fourth-order valence-corrected chi connectivity index (χ4v) is 3.32. The molecule has 0 bridgehead atoms. The number of hydrogen-bond donors (Lipinski definition) is 2. The van der Waals surface area contributed by atoms with Crippen molar-refractivity contribution in [2.75, 3.05) is 14.2 Å². The zero-order valence-electron chi connectivity index (χ0n) is 14.7. The third-order valence-electron chi connectivity index (χ3n) is 4.72. The van der Waals surface area contributed by atoms with Crippen LogP contribution in [0.1, 0.15) is 23.3 Å². The molecule has 0 spiro atoms. The standard InChI is InChI=1S/C20H22N2O4/c1-22-16(18(26-2)14-11-7-4-8-12-14)19(24)21-15(20(22)25)17(23)13-9-5-3-6-10-13/h3-12,15-18,23H,1-2H3,(H,21,24).